The number of rotatable bonds is 76. The molecule has 0 aliphatic rings. The van der Waals surface area contributed by atoms with E-state index in [1.807, 2.05) is 0 Å². The standard InChI is InChI=1S/C77H150O17P2/c1-7-9-11-13-15-17-19-21-22-23-24-26-32-36-44-50-56-62-77(82)93-72(65-87-74(79)59-53-47-41-34-30-28-27-29-33-39-45-51-57-69(3)4)67-91-95(83,84)89-63-71(78)64-90-96(85,86)92-68-73(66-88-75(80)60-54-48-42-38-37-40-46-52-58-70(5)6)94-76(81)61-55-49-43-35-31-25-20-18-16-14-12-10-8-2/h69-73,78H,7-68H2,1-6H3,(H,83,84)(H,85,86)/t71-,72-,73-/m1/s1. The fourth-order valence-electron chi connectivity index (χ4n) is 11.8. The molecule has 0 bridgehead atoms. The zero-order valence-corrected chi connectivity index (χ0v) is 64.5. The summed E-state index contributed by atoms with van der Waals surface area (Å²) in [6, 6.07) is 0. The fraction of sp³-hybridized carbons (Fsp3) is 0.948. The van der Waals surface area contributed by atoms with Gasteiger partial charge >= 0.3 is 39.5 Å². The Kier molecular flexibility index (Phi) is 67.4. The van der Waals surface area contributed by atoms with Gasteiger partial charge < -0.3 is 33.8 Å². The fourth-order valence-corrected chi connectivity index (χ4v) is 13.4. The molecule has 17 nitrogen and oxygen atoms in total. The number of hydrogen-bond donors (Lipinski definition) is 3. The molecule has 0 aromatic carbocycles. The van der Waals surface area contributed by atoms with Gasteiger partial charge in [-0.1, -0.05) is 350 Å². The van der Waals surface area contributed by atoms with E-state index in [-0.39, 0.29) is 25.7 Å². The Balaban J connectivity index is 5.25. The van der Waals surface area contributed by atoms with Crippen molar-refractivity contribution >= 4 is 39.5 Å². The zero-order chi connectivity index (χ0) is 70.7. The van der Waals surface area contributed by atoms with Gasteiger partial charge in [0, 0.05) is 25.7 Å². The van der Waals surface area contributed by atoms with Crippen LogP contribution in [0.5, 0.6) is 0 Å². The molecular weight excluding hydrogens is 1260 g/mol. The van der Waals surface area contributed by atoms with Crippen LogP contribution in [0.25, 0.3) is 0 Å². The zero-order valence-electron chi connectivity index (χ0n) is 62.7. The molecule has 0 heterocycles. The molecule has 3 N–H and O–H groups in total. The van der Waals surface area contributed by atoms with Crippen LogP contribution in [-0.4, -0.2) is 96.7 Å². The average molecular weight is 1410 g/mol. The number of hydrogen-bond acceptors (Lipinski definition) is 15. The lowest BCUT2D eigenvalue weighted by molar-refractivity contribution is -0.161. The molecule has 19 heteroatoms. The summed E-state index contributed by atoms with van der Waals surface area (Å²) in [5.41, 5.74) is 0. The Labute approximate surface area is 588 Å². The van der Waals surface area contributed by atoms with Gasteiger partial charge in [-0.2, -0.15) is 0 Å². The van der Waals surface area contributed by atoms with E-state index in [1.54, 1.807) is 0 Å². The highest BCUT2D eigenvalue weighted by atomic mass is 31.2. The number of ether oxygens (including phenoxy) is 4. The van der Waals surface area contributed by atoms with Crippen molar-refractivity contribution < 1.29 is 80.2 Å². The molecule has 570 valence electrons. The van der Waals surface area contributed by atoms with Gasteiger partial charge in [0.2, 0.25) is 0 Å². The highest BCUT2D eigenvalue weighted by molar-refractivity contribution is 7.47. The summed E-state index contributed by atoms with van der Waals surface area (Å²) < 4.78 is 68.6. The Morgan fingerprint density at radius 2 is 0.479 bits per heavy atom. The molecule has 2 unspecified atom stereocenters. The minimum atomic E-state index is -4.96. The molecule has 0 fully saturated rings. The summed E-state index contributed by atoms with van der Waals surface area (Å²) in [5, 5.41) is 10.6. The van der Waals surface area contributed by atoms with Crippen molar-refractivity contribution in [2.45, 2.75) is 419 Å². The number of phosphoric acid groups is 2. The van der Waals surface area contributed by atoms with Crippen LogP contribution in [0.15, 0.2) is 0 Å². The van der Waals surface area contributed by atoms with Gasteiger partial charge in [-0.15, -0.1) is 0 Å². The van der Waals surface area contributed by atoms with Crippen molar-refractivity contribution in [3.8, 4) is 0 Å². The topological polar surface area (TPSA) is 237 Å². The number of aliphatic hydroxyl groups excluding tert-OH is 1. The third kappa shape index (κ3) is 70.5. The van der Waals surface area contributed by atoms with Gasteiger partial charge in [0.25, 0.3) is 0 Å². The number of carbonyl (C=O) groups is 4. The van der Waals surface area contributed by atoms with Crippen molar-refractivity contribution in [1.82, 2.24) is 0 Å². The second-order valence-electron chi connectivity index (χ2n) is 28.7. The first kappa shape index (κ1) is 94.1. The molecule has 0 aromatic rings. The van der Waals surface area contributed by atoms with E-state index in [0.29, 0.717) is 25.7 Å². The first-order valence-corrected chi connectivity index (χ1v) is 43.0. The molecule has 0 amide bonds. The van der Waals surface area contributed by atoms with E-state index in [9.17, 15) is 43.2 Å². The highest BCUT2D eigenvalue weighted by Crippen LogP contribution is 2.45. The van der Waals surface area contributed by atoms with Crippen molar-refractivity contribution in [3.05, 3.63) is 0 Å². The van der Waals surface area contributed by atoms with Crippen LogP contribution in [-0.2, 0) is 65.4 Å². The maximum atomic E-state index is 13.1. The Morgan fingerprint density at radius 1 is 0.281 bits per heavy atom. The van der Waals surface area contributed by atoms with Crippen molar-refractivity contribution in [1.29, 1.82) is 0 Å². The Hall–Kier alpha value is -1.94. The van der Waals surface area contributed by atoms with E-state index in [1.165, 1.54) is 218 Å². The SMILES string of the molecule is CCCCCCCCCCCCCCCCCCCC(=O)O[C@H](COC(=O)CCCCCCCCCCCCCCC(C)C)COP(=O)(O)OC[C@@H](O)COP(=O)(O)OC[C@@H](COC(=O)CCCCCCCCCCC(C)C)OC(=O)CCCCCCCCCCCCCCC. The maximum Gasteiger partial charge on any atom is 0.472 e. The summed E-state index contributed by atoms with van der Waals surface area (Å²) >= 11 is 0. The van der Waals surface area contributed by atoms with Crippen LogP contribution in [0, 0.1) is 11.8 Å². The lowest BCUT2D eigenvalue weighted by Gasteiger charge is -2.21. The molecule has 0 saturated heterocycles. The van der Waals surface area contributed by atoms with E-state index in [4.69, 9.17) is 37.0 Å². The van der Waals surface area contributed by atoms with Gasteiger partial charge in [0.1, 0.15) is 19.3 Å². The lowest BCUT2D eigenvalue weighted by atomic mass is 10.0. The molecular formula is C77H150O17P2. The van der Waals surface area contributed by atoms with E-state index < -0.39 is 97.5 Å². The maximum absolute atomic E-state index is 13.1. The normalized spacial score (nSPS) is 14.0. The predicted octanol–water partition coefficient (Wildman–Crippen LogP) is 22.7. The molecule has 0 radical (unpaired) electrons. The van der Waals surface area contributed by atoms with Crippen LogP contribution >= 0.6 is 15.6 Å². The molecule has 0 spiro atoms. The number of aliphatic hydroxyl groups is 1. The van der Waals surface area contributed by atoms with Crippen molar-refractivity contribution in [3.63, 3.8) is 0 Å². The first-order chi connectivity index (χ1) is 46.4. The Morgan fingerprint density at radius 3 is 0.708 bits per heavy atom. The third-order valence-electron chi connectivity index (χ3n) is 18.0. The quantitative estimate of drug-likeness (QED) is 0.0222. The summed E-state index contributed by atoms with van der Waals surface area (Å²) in [6.07, 6.45) is 56.8. The number of unbranched alkanes of at least 4 members (excludes halogenated alkanes) is 46. The molecule has 0 aliphatic heterocycles. The summed E-state index contributed by atoms with van der Waals surface area (Å²) in [4.78, 5) is 72.9. The number of carbonyl (C=O) groups excluding carboxylic acids is 4. The van der Waals surface area contributed by atoms with Crippen LogP contribution in [0.3, 0.4) is 0 Å². The molecule has 0 aromatic heterocycles. The highest BCUT2D eigenvalue weighted by Gasteiger charge is 2.30. The minimum absolute atomic E-state index is 0.107. The number of esters is 4. The predicted molar refractivity (Wildman–Crippen MR) is 391 cm³/mol. The van der Waals surface area contributed by atoms with E-state index >= 15 is 0 Å². The van der Waals surface area contributed by atoms with Gasteiger partial charge in [-0.25, -0.2) is 9.13 Å². The van der Waals surface area contributed by atoms with Crippen LogP contribution in [0.4, 0.5) is 0 Å². The van der Waals surface area contributed by atoms with Gasteiger partial charge in [-0.05, 0) is 37.5 Å². The molecule has 96 heavy (non-hydrogen) atoms. The van der Waals surface area contributed by atoms with Gasteiger partial charge in [-0.3, -0.25) is 37.3 Å². The van der Waals surface area contributed by atoms with Gasteiger partial charge in [0.15, 0.2) is 12.2 Å². The monoisotopic (exact) mass is 1410 g/mol. The lowest BCUT2D eigenvalue weighted by Crippen LogP contribution is -2.30. The number of phosphoric ester groups is 2. The summed E-state index contributed by atoms with van der Waals surface area (Å²) in [5.74, 6) is -0.604. The Bertz CT molecular complexity index is 1860. The van der Waals surface area contributed by atoms with Crippen LogP contribution < -0.4 is 0 Å². The molecule has 5 atom stereocenters. The molecule has 0 saturated carbocycles. The van der Waals surface area contributed by atoms with E-state index in [0.717, 1.165) is 102 Å². The van der Waals surface area contributed by atoms with Gasteiger partial charge in [0.05, 0.1) is 26.4 Å². The average Bonchev–Trinajstić information content (AvgIpc) is 1.12. The second-order valence-corrected chi connectivity index (χ2v) is 31.6. The molecule has 0 aliphatic carbocycles. The second kappa shape index (κ2) is 68.8. The van der Waals surface area contributed by atoms with Crippen LogP contribution in [0.1, 0.15) is 401 Å². The first-order valence-electron chi connectivity index (χ1n) is 40.0. The largest absolute Gasteiger partial charge is 0.472 e. The van der Waals surface area contributed by atoms with Crippen molar-refractivity contribution in [2.24, 2.45) is 11.8 Å². The smallest absolute Gasteiger partial charge is 0.462 e. The third-order valence-corrected chi connectivity index (χ3v) is 19.9. The molecule has 0 rings (SSSR count). The summed E-state index contributed by atoms with van der Waals surface area (Å²) in [6.45, 7) is 9.59. The summed E-state index contributed by atoms with van der Waals surface area (Å²) in [7, 11) is -9.91. The van der Waals surface area contributed by atoms with Crippen molar-refractivity contribution in [2.75, 3.05) is 39.6 Å². The van der Waals surface area contributed by atoms with E-state index in [2.05, 4.69) is 41.5 Å². The van der Waals surface area contributed by atoms with Crippen LogP contribution in [0.2, 0.25) is 0 Å². The minimum Gasteiger partial charge on any atom is -0.462 e.